The molecule has 0 aliphatic heterocycles. The summed E-state index contributed by atoms with van der Waals surface area (Å²) in [6.45, 7) is 0. The number of rotatable bonds is 3. The van der Waals surface area contributed by atoms with Gasteiger partial charge in [-0.2, -0.15) is 5.26 Å². The van der Waals surface area contributed by atoms with Crippen molar-refractivity contribution in [1.29, 1.82) is 5.26 Å². The number of nitrogens with zero attached hydrogens (tertiary/aromatic N) is 1. The van der Waals surface area contributed by atoms with Crippen LogP contribution in [0, 0.1) is 11.3 Å². The van der Waals surface area contributed by atoms with Crippen LogP contribution < -0.4 is 10.5 Å². The van der Waals surface area contributed by atoms with Crippen molar-refractivity contribution in [3.8, 4) is 17.6 Å². The zero-order valence-corrected chi connectivity index (χ0v) is 11.5. The van der Waals surface area contributed by atoms with Gasteiger partial charge in [-0.05, 0) is 42.5 Å². The first-order valence-corrected chi connectivity index (χ1v) is 7.57. The maximum absolute atomic E-state index is 11.3. The van der Waals surface area contributed by atoms with Gasteiger partial charge >= 0.3 is 0 Å². The number of hydrogen-bond donors (Lipinski definition) is 1. The minimum absolute atomic E-state index is 0.211. The van der Waals surface area contributed by atoms with Gasteiger partial charge in [-0.25, -0.2) is 8.42 Å². The second kappa shape index (κ2) is 5.23. The van der Waals surface area contributed by atoms with Crippen LogP contribution in [-0.2, 0) is 9.84 Å². The number of sulfone groups is 1. The number of anilines is 1. The van der Waals surface area contributed by atoms with Crippen molar-refractivity contribution in [3.63, 3.8) is 0 Å². The van der Waals surface area contributed by atoms with Crippen LogP contribution in [0.25, 0.3) is 0 Å². The topological polar surface area (TPSA) is 93.2 Å². The molecule has 0 fully saturated rings. The highest BCUT2D eigenvalue weighted by Crippen LogP contribution is 2.27. The summed E-state index contributed by atoms with van der Waals surface area (Å²) in [4.78, 5) is 0.211. The van der Waals surface area contributed by atoms with E-state index >= 15 is 0 Å². The maximum atomic E-state index is 11.3. The summed E-state index contributed by atoms with van der Waals surface area (Å²) < 4.78 is 28.2. The van der Waals surface area contributed by atoms with Crippen LogP contribution in [0.4, 0.5) is 5.69 Å². The molecular weight excluding hydrogens is 276 g/mol. The molecule has 2 aromatic rings. The molecule has 0 saturated heterocycles. The molecule has 5 nitrogen and oxygen atoms in total. The third kappa shape index (κ3) is 3.08. The lowest BCUT2D eigenvalue weighted by Gasteiger charge is -2.08. The number of nitrogen functional groups attached to an aromatic ring is 1. The number of ether oxygens (including phenoxy) is 1. The third-order valence-electron chi connectivity index (χ3n) is 2.60. The molecule has 0 aliphatic rings. The van der Waals surface area contributed by atoms with E-state index in [0.717, 1.165) is 6.26 Å². The SMILES string of the molecule is CS(=O)(=O)c1ccc(Oc2ccc(N)cc2C#N)cc1. The Morgan fingerprint density at radius 1 is 1.15 bits per heavy atom. The molecule has 2 aromatic carbocycles. The molecule has 2 N–H and O–H groups in total. The van der Waals surface area contributed by atoms with Crippen molar-refractivity contribution < 1.29 is 13.2 Å². The lowest BCUT2D eigenvalue weighted by atomic mass is 10.2. The average Bonchev–Trinajstić information content (AvgIpc) is 2.40. The van der Waals surface area contributed by atoms with Crippen molar-refractivity contribution in [1.82, 2.24) is 0 Å². The Morgan fingerprint density at radius 3 is 2.35 bits per heavy atom. The molecule has 0 saturated carbocycles. The maximum Gasteiger partial charge on any atom is 0.175 e. The molecular formula is C14H12N2O3S. The summed E-state index contributed by atoms with van der Waals surface area (Å²) in [7, 11) is -3.24. The van der Waals surface area contributed by atoms with E-state index in [9.17, 15) is 8.42 Å². The summed E-state index contributed by atoms with van der Waals surface area (Å²) in [6, 6.07) is 12.7. The third-order valence-corrected chi connectivity index (χ3v) is 3.73. The van der Waals surface area contributed by atoms with Gasteiger partial charge in [0.15, 0.2) is 9.84 Å². The highest BCUT2D eigenvalue weighted by atomic mass is 32.2. The molecule has 6 heteroatoms. The van der Waals surface area contributed by atoms with Crippen LogP contribution in [0.5, 0.6) is 11.5 Å². The number of nitrogens with two attached hydrogens (primary N) is 1. The lowest BCUT2D eigenvalue weighted by Crippen LogP contribution is -1.96. The van der Waals surface area contributed by atoms with Gasteiger partial charge < -0.3 is 10.5 Å². The van der Waals surface area contributed by atoms with E-state index < -0.39 is 9.84 Å². The standard InChI is InChI=1S/C14H12N2O3S/c1-20(17,18)13-5-3-12(4-6-13)19-14-7-2-11(16)8-10(14)9-15/h2-8H,16H2,1H3. The molecule has 0 amide bonds. The van der Waals surface area contributed by atoms with E-state index in [4.69, 9.17) is 15.7 Å². The predicted molar refractivity (Wildman–Crippen MR) is 75.2 cm³/mol. The summed E-state index contributed by atoms with van der Waals surface area (Å²) in [5.41, 5.74) is 6.38. The zero-order chi connectivity index (χ0) is 14.8. The van der Waals surface area contributed by atoms with Gasteiger partial charge in [0.05, 0.1) is 10.5 Å². The molecule has 0 radical (unpaired) electrons. The normalized spacial score (nSPS) is 10.8. The Bertz CT molecular complexity index is 775. The highest BCUT2D eigenvalue weighted by Gasteiger charge is 2.08. The first kappa shape index (κ1) is 13.9. The predicted octanol–water partition coefficient (Wildman–Crippen LogP) is 2.34. The molecule has 0 aliphatic carbocycles. The van der Waals surface area contributed by atoms with E-state index in [2.05, 4.69) is 0 Å². The van der Waals surface area contributed by atoms with Crippen LogP contribution in [0.2, 0.25) is 0 Å². The van der Waals surface area contributed by atoms with E-state index in [1.165, 1.54) is 30.3 Å². The van der Waals surface area contributed by atoms with E-state index in [0.29, 0.717) is 22.7 Å². The smallest absolute Gasteiger partial charge is 0.175 e. The number of benzene rings is 2. The highest BCUT2D eigenvalue weighted by molar-refractivity contribution is 7.90. The fourth-order valence-electron chi connectivity index (χ4n) is 1.61. The number of nitriles is 1. The van der Waals surface area contributed by atoms with Crippen molar-refractivity contribution in [2.24, 2.45) is 0 Å². The van der Waals surface area contributed by atoms with Gasteiger partial charge in [-0.1, -0.05) is 0 Å². The van der Waals surface area contributed by atoms with Crippen LogP contribution in [0.15, 0.2) is 47.4 Å². The molecule has 0 unspecified atom stereocenters. The first-order valence-electron chi connectivity index (χ1n) is 5.68. The van der Waals surface area contributed by atoms with E-state index in [1.807, 2.05) is 6.07 Å². The van der Waals surface area contributed by atoms with Gasteiger partial charge in [0, 0.05) is 11.9 Å². The molecule has 0 heterocycles. The summed E-state index contributed by atoms with van der Waals surface area (Å²) in [6.07, 6.45) is 1.14. The summed E-state index contributed by atoms with van der Waals surface area (Å²) in [5, 5.41) is 9.01. The molecule has 0 aromatic heterocycles. The van der Waals surface area contributed by atoms with Gasteiger partial charge in [0.25, 0.3) is 0 Å². The minimum atomic E-state index is -3.24. The molecule has 0 atom stereocenters. The Hall–Kier alpha value is -2.52. The Labute approximate surface area is 117 Å². The van der Waals surface area contributed by atoms with Crippen molar-refractivity contribution in [2.75, 3.05) is 12.0 Å². The lowest BCUT2D eigenvalue weighted by molar-refractivity contribution is 0.480. The van der Waals surface area contributed by atoms with Gasteiger partial charge in [0.1, 0.15) is 17.6 Å². The van der Waals surface area contributed by atoms with E-state index in [-0.39, 0.29) is 4.90 Å². The van der Waals surface area contributed by atoms with E-state index in [1.54, 1.807) is 12.1 Å². The number of hydrogen-bond acceptors (Lipinski definition) is 5. The van der Waals surface area contributed by atoms with Crippen molar-refractivity contribution in [2.45, 2.75) is 4.90 Å². The van der Waals surface area contributed by atoms with Crippen molar-refractivity contribution in [3.05, 3.63) is 48.0 Å². The zero-order valence-electron chi connectivity index (χ0n) is 10.7. The Morgan fingerprint density at radius 2 is 1.80 bits per heavy atom. The second-order valence-electron chi connectivity index (χ2n) is 4.21. The van der Waals surface area contributed by atoms with Crippen molar-refractivity contribution >= 4 is 15.5 Å². The Kier molecular flexibility index (Phi) is 3.63. The molecule has 0 bridgehead atoms. The first-order chi connectivity index (χ1) is 9.40. The quantitative estimate of drug-likeness (QED) is 0.875. The van der Waals surface area contributed by atoms with Crippen LogP contribution in [0.3, 0.4) is 0 Å². The Balaban J connectivity index is 2.30. The minimum Gasteiger partial charge on any atom is -0.456 e. The average molecular weight is 288 g/mol. The summed E-state index contributed by atoms with van der Waals surface area (Å²) >= 11 is 0. The molecule has 2 rings (SSSR count). The summed E-state index contributed by atoms with van der Waals surface area (Å²) in [5.74, 6) is 0.812. The van der Waals surface area contributed by atoms with Gasteiger partial charge in [-0.3, -0.25) is 0 Å². The van der Waals surface area contributed by atoms with Gasteiger partial charge in [0.2, 0.25) is 0 Å². The fourth-order valence-corrected chi connectivity index (χ4v) is 2.24. The largest absolute Gasteiger partial charge is 0.456 e. The monoisotopic (exact) mass is 288 g/mol. The fraction of sp³-hybridized carbons (Fsp3) is 0.0714. The molecule has 20 heavy (non-hydrogen) atoms. The second-order valence-corrected chi connectivity index (χ2v) is 6.23. The van der Waals surface area contributed by atoms with Gasteiger partial charge in [-0.15, -0.1) is 0 Å². The van der Waals surface area contributed by atoms with Crippen LogP contribution in [-0.4, -0.2) is 14.7 Å². The molecule has 0 spiro atoms. The molecule has 102 valence electrons. The van der Waals surface area contributed by atoms with Crippen LogP contribution >= 0.6 is 0 Å². The van der Waals surface area contributed by atoms with Crippen LogP contribution in [0.1, 0.15) is 5.56 Å².